The number of rotatable bonds is 7. The van der Waals surface area contributed by atoms with Crippen LogP contribution in [-0.4, -0.2) is 46.8 Å². The van der Waals surface area contributed by atoms with Crippen LogP contribution < -0.4 is 5.32 Å². The Kier molecular flexibility index (Phi) is 6.61. The standard InChI is InChI=1S/C15H25F3N4O/c1-10(2)21(5)8-6-7-19-14(23)12-9-20-22(11(3)4)13(12)15(16,17)18/h9-11H,6-8H2,1-5H3,(H,19,23). The predicted molar refractivity (Wildman–Crippen MR) is 82.3 cm³/mol. The van der Waals surface area contributed by atoms with E-state index in [1.807, 2.05) is 7.05 Å². The van der Waals surface area contributed by atoms with Gasteiger partial charge in [0.1, 0.15) is 0 Å². The fourth-order valence-corrected chi connectivity index (χ4v) is 2.09. The molecule has 0 radical (unpaired) electrons. The van der Waals surface area contributed by atoms with Crippen molar-refractivity contribution in [3.05, 3.63) is 17.5 Å². The highest BCUT2D eigenvalue weighted by atomic mass is 19.4. The number of carbonyl (C=O) groups excluding carboxylic acids is 1. The van der Waals surface area contributed by atoms with Crippen molar-refractivity contribution in [2.24, 2.45) is 0 Å². The topological polar surface area (TPSA) is 50.2 Å². The number of halogens is 3. The van der Waals surface area contributed by atoms with Crippen LogP contribution >= 0.6 is 0 Å². The van der Waals surface area contributed by atoms with Crippen molar-refractivity contribution >= 4 is 5.91 Å². The largest absolute Gasteiger partial charge is 0.433 e. The van der Waals surface area contributed by atoms with Crippen molar-refractivity contribution < 1.29 is 18.0 Å². The number of amides is 1. The molecule has 1 rings (SSSR count). The maximum absolute atomic E-state index is 13.2. The molecule has 1 N–H and O–H groups in total. The smallest absolute Gasteiger partial charge is 0.352 e. The summed E-state index contributed by atoms with van der Waals surface area (Å²) in [5.74, 6) is -0.739. The molecule has 8 heteroatoms. The van der Waals surface area contributed by atoms with Crippen LogP contribution in [0.3, 0.4) is 0 Å². The molecule has 1 heterocycles. The second-order valence-electron chi connectivity index (χ2n) is 6.13. The first-order chi connectivity index (χ1) is 10.6. The van der Waals surface area contributed by atoms with Crippen molar-refractivity contribution in [2.75, 3.05) is 20.1 Å². The van der Waals surface area contributed by atoms with Gasteiger partial charge in [0.2, 0.25) is 0 Å². The zero-order valence-corrected chi connectivity index (χ0v) is 14.2. The van der Waals surface area contributed by atoms with E-state index in [-0.39, 0.29) is 0 Å². The number of hydrogen-bond donors (Lipinski definition) is 1. The zero-order valence-electron chi connectivity index (χ0n) is 14.2. The van der Waals surface area contributed by atoms with Crippen LogP contribution in [0.15, 0.2) is 6.20 Å². The summed E-state index contributed by atoms with van der Waals surface area (Å²) in [7, 11) is 1.96. The van der Waals surface area contributed by atoms with Crippen LogP contribution in [0.1, 0.15) is 56.2 Å². The fourth-order valence-electron chi connectivity index (χ4n) is 2.09. The van der Waals surface area contributed by atoms with Gasteiger partial charge in [-0.25, -0.2) is 0 Å². The molecule has 0 unspecified atom stereocenters. The lowest BCUT2D eigenvalue weighted by Crippen LogP contribution is -2.32. The van der Waals surface area contributed by atoms with Gasteiger partial charge >= 0.3 is 6.18 Å². The summed E-state index contributed by atoms with van der Waals surface area (Å²) in [5.41, 5.74) is -1.42. The molecule has 132 valence electrons. The van der Waals surface area contributed by atoms with Gasteiger partial charge in [-0.15, -0.1) is 0 Å². The molecule has 0 spiro atoms. The van der Waals surface area contributed by atoms with Crippen molar-refractivity contribution in [2.45, 2.75) is 52.4 Å². The zero-order chi connectivity index (χ0) is 17.8. The molecule has 1 aromatic heterocycles. The Morgan fingerprint density at radius 3 is 2.43 bits per heavy atom. The van der Waals surface area contributed by atoms with Gasteiger partial charge in [-0.1, -0.05) is 0 Å². The Hall–Kier alpha value is -1.57. The molecule has 5 nitrogen and oxygen atoms in total. The number of alkyl halides is 3. The predicted octanol–water partition coefficient (Wildman–Crippen LogP) is 2.94. The van der Waals surface area contributed by atoms with E-state index < -0.39 is 29.4 Å². The van der Waals surface area contributed by atoms with Gasteiger partial charge in [-0.3, -0.25) is 9.48 Å². The Morgan fingerprint density at radius 1 is 1.35 bits per heavy atom. The quantitative estimate of drug-likeness (QED) is 0.780. The number of nitrogens with one attached hydrogen (secondary N) is 1. The molecule has 0 aliphatic heterocycles. The maximum Gasteiger partial charge on any atom is 0.433 e. The Bertz CT molecular complexity index is 523. The second-order valence-corrected chi connectivity index (χ2v) is 6.13. The summed E-state index contributed by atoms with van der Waals surface area (Å²) >= 11 is 0. The SMILES string of the molecule is CC(C)N(C)CCCNC(=O)c1cnn(C(C)C)c1C(F)(F)F. The number of carbonyl (C=O) groups is 1. The average Bonchev–Trinajstić information content (AvgIpc) is 2.87. The van der Waals surface area contributed by atoms with E-state index in [4.69, 9.17) is 0 Å². The minimum absolute atomic E-state index is 0.319. The molecule has 0 atom stereocenters. The van der Waals surface area contributed by atoms with E-state index >= 15 is 0 Å². The first kappa shape index (κ1) is 19.5. The number of hydrogen-bond acceptors (Lipinski definition) is 3. The van der Waals surface area contributed by atoms with Crippen LogP contribution in [0.4, 0.5) is 13.2 Å². The highest BCUT2D eigenvalue weighted by Crippen LogP contribution is 2.33. The first-order valence-corrected chi connectivity index (χ1v) is 7.68. The number of aromatic nitrogens is 2. The van der Waals surface area contributed by atoms with Crippen LogP contribution in [0.5, 0.6) is 0 Å². The third-order valence-corrected chi connectivity index (χ3v) is 3.65. The van der Waals surface area contributed by atoms with Gasteiger partial charge in [0.25, 0.3) is 5.91 Å². The van der Waals surface area contributed by atoms with E-state index in [2.05, 4.69) is 29.2 Å². The summed E-state index contributed by atoms with van der Waals surface area (Å²) in [5, 5.41) is 6.25. The minimum Gasteiger partial charge on any atom is -0.352 e. The molecule has 23 heavy (non-hydrogen) atoms. The summed E-state index contributed by atoms with van der Waals surface area (Å²) < 4.78 is 40.4. The van der Waals surface area contributed by atoms with E-state index in [0.717, 1.165) is 17.4 Å². The molecular weight excluding hydrogens is 309 g/mol. The van der Waals surface area contributed by atoms with Crippen LogP contribution in [-0.2, 0) is 6.18 Å². The number of nitrogens with zero attached hydrogens (tertiary/aromatic N) is 3. The van der Waals surface area contributed by atoms with Gasteiger partial charge in [0.15, 0.2) is 5.69 Å². The molecule has 0 aliphatic carbocycles. The summed E-state index contributed by atoms with van der Waals surface area (Å²) in [6.45, 7) is 8.36. The molecule has 0 fully saturated rings. The van der Waals surface area contributed by atoms with Crippen molar-refractivity contribution in [3.63, 3.8) is 0 Å². The second kappa shape index (κ2) is 7.81. The van der Waals surface area contributed by atoms with E-state index in [0.29, 0.717) is 19.0 Å². The van der Waals surface area contributed by atoms with Crippen LogP contribution in [0.25, 0.3) is 0 Å². The highest BCUT2D eigenvalue weighted by Gasteiger charge is 2.40. The van der Waals surface area contributed by atoms with Gasteiger partial charge in [0, 0.05) is 18.6 Å². The molecule has 0 saturated heterocycles. The fraction of sp³-hybridized carbons (Fsp3) is 0.733. The monoisotopic (exact) mass is 334 g/mol. The molecule has 0 bridgehead atoms. The lowest BCUT2D eigenvalue weighted by Gasteiger charge is -2.20. The van der Waals surface area contributed by atoms with E-state index in [1.54, 1.807) is 13.8 Å². The third kappa shape index (κ3) is 5.23. The Labute approximate surface area is 134 Å². The summed E-state index contributed by atoms with van der Waals surface area (Å²) in [6.07, 6.45) is -2.97. The Morgan fingerprint density at radius 2 is 1.96 bits per heavy atom. The Balaban J connectivity index is 2.74. The third-order valence-electron chi connectivity index (χ3n) is 3.65. The minimum atomic E-state index is -4.62. The van der Waals surface area contributed by atoms with E-state index in [9.17, 15) is 18.0 Å². The molecular formula is C15H25F3N4O. The summed E-state index contributed by atoms with van der Waals surface area (Å²) in [4.78, 5) is 14.1. The summed E-state index contributed by atoms with van der Waals surface area (Å²) in [6, 6.07) is -0.0975. The molecule has 1 aromatic rings. The maximum atomic E-state index is 13.2. The van der Waals surface area contributed by atoms with Gasteiger partial charge in [-0.05, 0) is 47.7 Å². The molecule has 0 aliphatic rings. The van der Waals surface area contributed by atoms with Crippen molar-refractivity contribution in [1.29, 1.82) is 0 Å². The van der Waals surface area contributed by atoms with Crippen LogP contribution in [0, 0.1) is 0 Å². The van der Waals surface area contributed by atoms with Gasteiger partial charge in [0.05, 0.1) is 11.8 Å². The van der Waals surface area contributed by atoms with Crippen molar-refractivity contribution in [3.8, 4) is 0 Å². The van der Waals surface area contributed by atoms with E-state index in [1.165, 1.54) is 0 Å². The molecule has 0 aromatic carbocycles. The van der Waals surface area contributed by atoms with Crippen molar-refractivity contribution in [1.82, 2.24) is 20.0 Å². The average molecular weight is 334 g/mol. The first-order valence-electron chi connectivity index (χ1n) is 7.68. The van der Waals surface area contributed by atoms with Crippen LogP contribution in [0.2, 0.25) is 0 Å². The normalized spacial score (nSPS) is 12.5. The molecule has 0 saturated carbocycles. The molecule has 1 amide bonds. The van der Waals surface area contributed by atoms with Gasteiger partial charge < -0.3 is 10.2 Å². The van der Waals surface area contributed by atoms with Gasteiger partial charge in [-0.2, -0.15) is 18.3 Å². The highest BCUT2D eigenvalue weighted by molar-refractivity contribution is 5.95. The lowest BCUT2D eigenvalue weighted by molar-refractivity contribution is -0.145. The lowest BCUT2D eigenvalue weighted by atomic mass is 10.2.